The Morgan fingerprint density at radius 1 is 1.56 bits per heavy atom. The molecule has 0 fully saturated rings. The van der Waals surface area contributed by atoms with Gasteiger partial charge in [-0.25, -0.2) is 4.39 Å². The van der Waals surface area contributed by atoms with Crippen molar-refractivity contribution in [2.45, 2.75) is 25.9 Å². The first-order chi connectivity index (χ1) is 7.69. The van der Waals surface area contributed by atoms with Crippen LogP contribution in [-0.4, -0.2) is 6.04 Å². The highest BCUT2D eigenvalue weighted by Crippen LogP contribution is 2.12. The monoisotopic (exact) mass is 216 g/mol. The quantitative estimate of drug-likeness (QED) is 0.783. The zero-order valence-corrected chi connectivity index (χ0v) is 9.13. The SMILES string of the molecule is C#CCC(C)NCc1cccc(C#N)c1F. The van der Waals surface area contributed by atoms with Crippen molar-refractivity contribution in [1.29, 1.82) is 5.26 Å². The van der Waals surface area contributed by atoms with Crippen LogP contribution in [0.3, 0.4) is 0 Å². The fourth-order valence-electron chi connectivity index (χ4n) is 1.34. The summed E-state index contributed by atoms with van der Waals surface area (Å²) in [7, 11) is 0. The topological polar surface area (TPSA) is 35.8 Å². The number of nitriles is 1. The summed E-state index contributed by atoms with van der Waals surface area (Å²) >= 11 is 0. The summed E-state index contributed by atoms with van der Waals surface area (Å²) in [4.78, 5) is 0. The van der Waals surface area contributed by atoms with E-state index in [1.165, 1.54) is 6.07 Å². The summed E-state index contributed by atoms with van der Waals surface area (Å²) in [5.41, 5.74) is 0.562. The maximum absolute atomic E-state index is 13.6. The zero-order valence-electron chi connectivity index (χ0n) is 9.13. The highest BCUT2D eigenvalue weighted by Gasteiger charge is 2.08. The van der Waals surface area contributed by atoms with E-state index < -0.39 is 5.82 Å². The van der Waals surface area contributed by atoms with E-state index in [1.807, 2.05) is 13.0 Å². The first-order valence-electron chi connectivity index (χ1n) is 5.03. The van der Waals surface area contributed by atoms with Gasteiger partial charge < -0.3 is 5.32 Å². The lowest BCUT2D eigenvalue weighted by molar-refractivity contribution is 0.534. The molecule has 0 heterocycles. The fourth-order valence-corrected chi connectivity index (χ4v) is 1.34. The number of terminal acetylenes is 1. The fraction of sp³-hybridized carbons (Fsp3) is 0.308. The molecular weight excluding hydrogens is 203 g/mol. The van der Waals surface area contributed by atoms with Crippen LogP contribution in [0.2, 0.25) is 0 Å². The average molecular weight is 216 g/mol. The van der Waals surface area contributed by atoms with E-state index in [9.17, 15) is 4.39 Å². The second-order valence-corrected chi connectivity index (χ2v) is 3.58. The Bertz CT molecular complexity index is 440. The van der Waals surface area contributed by atoms with E-state index >= 15 is 0 Å². The molecule has 0 amide bonds. The first kappa shape index (κ1) is 12.2. The number of benzene rings is 1. The van der Waals surface area contributed by atoms with Gasteiger partial charge in [-0.3, -0.25) is 0 Å². The van der Waals surface area contributed by atoms with Crippen LogP contribution < -0.4 is 5.32 Å². The van der Waals surface area contributed by atoms with Gasteiger partial charge in [0.2, 0.25) is 0 Å². The minimum Gasteiger partial charge on any atom is -0.309 e. The molecule has 0 aromatic heterocycles. The van der Waals surface area contributed by atoms with Crippen molar-refractivity contribution in [1.82, 2.24) is 5.32 Å². The van der Waals surface area contributed by atoms with Crippen molar-refractivity contribution < 1.29 is 4.39 Å². The van der Waals surface area contributed by atoms with Crippen molar-refractivity contribution in [2.24, 2.45) is 0 Å². The van der Waals surface area contributed by atoms with E-state index in [0.717, 1.165) is 0 Å². The van der Waals surface area contributed by atoms with Crippen molar-refractivity contribution >= 4 is 0 Å². The van der Waals surface area contributed by atoms with E-state index in [1.54, 1.807) is 12.1 Å². The number of rotatable bonds is 4. The highest BCUT2D eigenvalue weighted by atomic mass is 19.1. The first-order valence-corrected chi connectivity index (χ1v) is 5.03. The van der Waals surface area contributed by atoms with Gasteiger partial charge in [0, 0.05) is 24.6 Å². The minimum absolute atomic E-state index is 0.0731. The highest BCUT2D eigenvalue weighted by molar-refractivity contribution is 5.34. The number of nitrogens with zero attached hydrogens (tertiary/aromatic N) is 1. The normalized spacial score (nSPS) is 11.5. The largest absolute Gasteiger partial charge is 0.309 e. The molecule has 82 valence electrons. The van der Waals surface area contributed by atoms with Crippen molar-refractivity contribution in [2.75, 3.05) is 0 Å². The Morgan fingerprint density at radius 2 is 2.31 bits per heavy atom. The Labute approximate surface area is 95.1 Å². The number of hydrogen-bond acceptors (Lipinski definition) is 2. The average Bonchev–Trinajstić information content (AvgIpc) is 2.28. The van der Waals surface area contributed by atoms with Crippen LogP contribution in [-0.2, 0) is 6.54 Å². The van der Waals surface area contributed by atoms with Crippen molar-refractivity contribution in [3.05, 3.63) is 35.1 Å². The van der Waals surface area contributed by atoms with Crippen LogP contribution in [0.25, 0.3) is 0 Å². The summed E-state index contributed by atoms with van der Waals surface area (Å²) < 4.78 is 13.6. The molecular formula is C13H13FN2. The number of halogens is 1. The van der Waals surface area contributed by atoms with Crippen LogP contribution >= 0.6 is 0 Å². The molecule has 0 aliphatic carbocycles. The van der Waals surface area contributed by atoms with Gasteiger partial charge >= 0.3 is 0 Å². The van der Waals surface area contributed by atoms with Crippen LogP contribution in [0.4, 0.5) is 4.39 Å². The summed E-state index contributed by atoms with van der Waals surface area (Å²) in [5, 5.41) is 11.8. The molecule has 3 heteroatoms. The molecule has 1 unspecified atom stereocenters. The molecule has 2 nitrogen and oxygen atoms in total. The molecule has 0 saturated carbocycles. The summed E-state index contributed by atoms with van der Waals surface area (Å²) in [5.74, 6) is 2.08. The van der Waals surface area contributed by atoms with Crippen LogP contribution in [0, 0.1) is 29.5 Å². The smallest absolute Gasteiger partial charge is 0.145 e. The van der Waals surface area contributed by atoms with Gasteiger partial charge in [0.15, 0.2) is 0 Å². The third-order valence-electron chi connectivity index (χ3n) is 2.26. The summed E-state index contributed by atoms with van der Waals surface area (Å²) in [6, 6.07) is 6.74. The molecule has 1 N–H and O–H groups in total. The zero-order chi connectivity index (χ0) is 12.0. The van der Waals surface area contributed by atoms with Gasteiger partial charge in [-0.05, 0) is 13.0 Å². The van der Waals surface area contributed by atoms with E-state index in [0.29, 0.717) is 18.5 Å². The van der Waals surface area contributed by atoms with Crippen LogP contribution in [0.1, 0.15) is 24.5 Å². The third kappa shape index (κ3) is 3.08. The Hall–Kier alpha value is -1.84. The van der Waals surface area contributed by atoms with Crippen LogP contribution in [0.5, 0.6) is 0 Å². The number of hydrogen-bond donors (Lipinski definition) is 1. The van der Waals surface area contributed by atoms with E-state index in [4.69, 9.17) is 11.7 Å². The van der Waals surface area contributed by atoms with Gasteiger partial charge in [-0.1, -0.05) is 12.1 Å². The van der Waals surface area contributed by atoms with Gasteiger partial charge in [0.05, 0.1) is 5.56 Å². The molecule has 1 aromatic rings. The molecule has 0 radical (unpaired) electrons. The molecule has 0 aliphatic rings. The summed E-state index contributed by atoms with van der Waals surface area (Å²) in [6.07, 6.45) is 5.76. The molecule has 1 rings (SSSR count). The van der Waals surface area contributed by atoms with Crippen molar-refractivity contribution in [3.63, 3.8) is 0 Å². The van der Waals surface area contributed by atoms with Gasteiger partial charge in [0.25, 0.3) is 0 Å². The third-order valence-corrected chi connectivity index (χ3v) is 2.26. The number of nitrogens with one attached hydrogen (secondary N) is 1. The molecule has 0 saturated heterocycles. The summed E-state index contributed by atoms with van der Waals surface area (Å²) in [6.45, 7) is 2.32. The lowest BCUT2D eigenvalue weighted by Crippen LogP contribution is -2.25. The van der Waals surface area contributed by atoms with E-state index in [-0.39, 0.29) is 11.6 Å². The van der Waals surface area contributed by atoms with Gasteiger partial charge in [0.1, 0.15) is 11.9 Å². The predicted octanol–water partition coefficient (Wildman–Crippen LogP) is 2.20. The lowest BCUT2D eigenvalue weighted by atomic mass is 10.1. The molecule has 1 atom stereocenters. The Morgan fingerprint density at radius 3 is 2.94 bits per heavy atom. The molecule has 0 aliphatic heterocycles. The maximum atomic E-state index is 13.6. The molecule has 0 bridgehead atoms. The Kier molecular flexibility index (Phi) is 4.51. The van der Waals surface area contributed by atoms with E-state index in [2.05, 4.69) is 11.2 Å². The second-order valence-electron chi connectivity index (χ2n) is 3.58. The predicted molar refractivity (Wildman–Crippen MR) is 60.9 cm³/mol. The minimum atomic E-state index is -0.453. The lowest BCUT2D eigenvalue weighted by Gasteiger charge is -2.11. The van der Waals surface area contributed by atoms with Gasteiger partial charge in [-0.2, -0.15) is 5.26 Å². The van der Waals surface area contributed by atoms with Crippen LogP contribution in [0.15, 0.2) is 18.2 Å². The molecule has 16 heavy (non-hydrogen) atoms. The Balaban J connectivity index is 2.69. The van der Waals surface area contributed by atoms with Crippen molar-refractivity contribution in [3.8, 4) is 18.4 Å². The molecule has 0 spiro atoms. The van der Waals surface area contributed by atoms with Gasteiger partial charge in [-0.15, -0.1) is 12.3 Å². The standard InChI is InChI=1S/C13H13FN2/c1-3-5-10(2)16-9-12-7-4-6-11(8-15)13(12)14/h1,4,6-7,10,16H,5,9H2,2H3. The maximum Gasteiger partial charge on any atom is 0.145 e. The second kappa shape index (κ2) is 5.90. The molecule has 1 aromatic carbocycles.